The number of Topliss-reactive ketones (excluding diaryl/α,β-unsaturated/α-hetero) is 1. The number of ketones is 1. The Morgan fingerprint density at radius 3 is 2.26 bits per heavy atom. The molecule has 2 aliphatic heterocycles. The van der Waals surface area contributed by atoms with Gasteiger partial charge in [-0.25, -0.2) is 5.01 Å². The van der Waals surface area contributed by atoms with Crippen LogP contribution in [0.5, 0.6) is 0 Å². The molecule has 1 saturated carbocycles. The van der Waals surface area contributed by atoms with Crippen LogP contribution in [0.25, 0.3) is 11.1 Å². The Bertz CT molecular complexity index is 920. The smallest absolute Gasteiger partial charge is 0.253 e. The van der Waals surface area contributed by atoms with E-state index in [1.165, 1.54) is 19.3 Å². The second kappa shape index (κ2) is 8.89. The summed E-state index contributed by atoms with van der Waals surface area (Å²) in [6, 6.07) is 12.3. The Labute approximate surface area is 183 Å². The maximum absolute atomic E-state index is 13.0. The van der Waals surface area contributed by atoms with E-state index in [4.69, 9.17) is 0 Å². The molecule has 1 aliphatic carbocycles. The number of aromatic nitrogens is 1. The van der Waals surface area contributed by atoms with Crippen LogP contribution in [0.15, 0.2) is 48.8 Å². The van der Waals surface area contributed by atoms with Gasteiger partial charge in [0.25, 0.3) is 5.91 Å². The third kappa shape index (κ3) is 4.27. The molecule has 31 heavy (non-hydrogen) atoms. The van der Waals surface area contributed by atoms with Crippen LogP contribution in [0, 0.1) is 11.8 Å². The van der Waals surface area contributed by atoms with E-state index in [0.717, 1.165) is 37.1 Å². The van der Waals surface area contributed by atoms with Crippen molar-refractivity contribution in [1.29, 1.82) is 0 Å². The van der Waals surface area contributed by atoms with Crippen LogP contribution in [0.4, 0.5) is 0 Å². The molecule has 1 amide bonds. The average Bonchev–Trinajstić information content (AvgIpc) is 2.98. The Morgan fingerprint density at radius 2 is 1.58 bits per heavy atom. The first-order valence-electron chi connectivity index (χ1n) is 11.5. The minimum absolute atomic E-state index is 0.0119. The normalized spacial score (nSPS) is 23.0. The van der Waals surface area contributed by atoms with Gasteiger partial charge >= 0.3 is 0 Å². The van der Waals surface area contributed by atoms with E-state index in [0.29, 0.717) is 30.5 Å². The molecule has 3 heterocycles. The summed E-state index contributed by atoms with van der Waals surface area (Å²) in [6.45, 7) is 2.88. The second-order valence-electron chi connectivity index (χ2n) is 9.10. The number of hydrazine groups is 1. The van der Waals surface area contributed by atoms with E-state index in [1.54, 1.807) is 17.3 Å². The fourth-order valence-electron chi connectivity index (χ4n) is 4.86. The first-order chi connectivity index (χ1) is 15.2. The number of likely N-dealkylation sites (tertiary alicyclic amines) is 1. The molecule has 1 aromatic heterocycles. The van der Waals surface area contributed by atoms with Gasteiger partial charge in [-0.3, -0.25) is 20.0 Å². The van der Waals surface area contributed by atoms with Crippen LogP contribution in [0.3, 0.4) is 0 Å². The molecular formula is C25H30N4O2. The topological polar surface area (TPSA) is 65.5 Å². The lowest BCUT2D eigenvalue weighted by atomic mass is 9.84. The fourth-order valence-corrected chi connectivity index (χ4v) is 4.86. The largest absolute Gasteiger partial charge is 0.337 e. The molecule has 6 heteroatoms. The van der Waals surface area contributed by atoms with E-state index in [1.807, 2.05) is 36.4 Å². The number of benzene rings is 1. The minimum atomic E-state index is -0.0119. The zero-order valence-corrected chi connectivity index (χ0v) is 17.9. The Kier molecular flexibility index (Phi) is 5.83. The van der Waals surface area contributed by atoms with E-state index in [9.17, 15) is 9.59 Å². The Balaban J connectivity index is 1.13. The van der Waals surface area contributed by atoms with Crippen LogP contribution in [-0.4, -0.2) is 58.8 Å². The molecule has 0 bridgehead atoms. The van der Waals surface area contributed by atoms with Crippen LogP contribution >= 0.6 is 0 Å². The van der Waals surface area contributed by atoms with Crippen LogP contribution in [-0.2, 0) is 4.79 Å². The molecule has 3 aliphatic rings. The van der Waals surface area contributed by atoms with Gasteiger partial charge in [0.15, 0.2) is 0 Å². The standard InChI is InChI=1S/C25H30N4O2/c30-24(21-3-2-14-29(27-15-21)23-4-1-5-23)22-16-28(17-22)25(31)20-8-6-18(7-9-20)19-10-12-26-13-11-19/h6-13,21-23,27H,1-5,14-17H2. The third-order valence-electron chi connectivity index (χ3n) is 7.13. The number of nitrogens with one attached hydrogen (secondary N) is 1. The number of pyridine rings is 1. The van der Waals surface area contributed by atoms with Crippen molar-refractivity contribution in [2.45, 2.75) is 38.1 Å². The van der Waals surface area contributed by atoms with Crippen molar-refractivity contribution in [2.24, 2.45) is 11.8 Å². The molecule has 162 valence electrons. The first-order valence-corrected chi connectivity index (χ1v) is 11.5. The summed E-state index contributed by atoms with van der Waals surface area (Å²) in [5.41, 5.74) is 6.34. The molecule has 6 nitrogen and oxygen atoms in total. The average molecular weight is 419 g/mol. The van der Waals surface area contributed by atoms with Crippen molar-refractivity contribution in [3.8, 4) is 11.1 Å². The lowest BCUT2D eigenvalue weighted by molar-refractivity contribution is -0.131. The summed E-state index contributed by atoms with van der Waals surface area (Å²) < 4.78 is 0. The van der Waals surface area contributed by atoms with E-state index in [-0.39, 0.29) is 17.7 Å². The zero-order valence-electron chi connectivity index (χ0n) is 17.9. The van der Waals surface area contributed by atoms with Gasteiger partial charge < -0.3 is 4.90 Å². The van der Waals surface area contributed by atoms with Crippen molar-refractivity contribution in [1.82, 2.24) is 20.3 Å². The van der Waals surface area contributed by atoms with Crippen LogP contribution in [0.2, 0.25) is 0 Å². The number of carbonyl (C=O) groups is 2. The number of amides is 1. The molecule has 2 saturated heterocycles. The van der Waals surface area contributed by atoms with Gasteiger partial charge in [0.1, 0.15) is 5.78 Å². The highest BCUT2D eigenvalue weighted by Crippen LogP contribution is 2.28. The van der Waals surface area contributed by atoms with Gasteiger partial charge in [0, 0.05) is 56.1 Å². The summed E-state index contributed by atoms with van der Waals surface area (Å²) >= 11 is 0. The molecule has 2 aromatic rings. The Morgan fingerprint density at radius 1 is 0.871 bits per heavy atom. The highest BCUT2D eigenvalue weighted by Gasteiger charge is 2.39. The molecule has 1 aromatic carbocycles. The molecular weight excluding hydrogens is 388 g/mol. The van der Waals surface area contributed by atoms with Crippen molar-refractivity contribution in [3.63, 3.8) is 0 Å². The van der Waals surface area contributed by atoms with Gasteiger partial charge in [0.05, 0.1) is 5.92 Å². The summed E-state index contributed by atoms with van der Waals surface area (Å²) in [7, 11) is 0. The quantitative estimate of drug-likeness (QED) is 0.808. The van der Waals surface area contributed by atoms with Crippen molar-refractivity contribution < 1.29 is 9.59 Å². The highest BCUT2D eigenvalue weighted by molar-refractivity contribution is 5.97. The van der Waals surface area contributed by atoms with Gasteiger partial charge in [-0.2, -0.15) is 0 Å². The lowest BCUT2D eigenvalue weighted by Gasteiger charge is -2.40. The number of rotatable bonds is 5. The molecule has 1 atom stereocenters. The van der Waals surface area contributed by atoms with Crippen molar-refractivity contribution in [2.75, 3.05) is 26.2 Å². The predicted octanol–water partition coefficient (Wildman–Crippen LogP) is 3.16. The minimum Gasteiger partial charge on any atom is -0.337 e. The number of nitrogens with zero attached hydrogens (tertiary/aromatic N) is 3. The SMILES string of the molecule is O=C(C1CCCN(C2CCC2)NC1)C1CN(C(=O)c2ccc(-c3ccncc3)cc2)C1. The highest BCUT2D eigenvalue weighted by atomic mass is 16.2. The van der Waals surface area contributed by atoms with E-state index in [2.05, 4.69) is 15.4 Å². The fraction of sp³-hybridized carbons (Fsp3) is 0.480. The first kappa shape index (κ1) is 20.3. The predicted molar refractivity (Wildman–Crippen MR) is 119 cm³/mol. The third-order valence-corrected chi connectivity index (χ3v) is 7.13. The van der Waals surface area contributed by atoms with Crippen molar-refractivity contribution >= 4 is 11.7 Å². The summed E-state index contributed by atoms with van der Waals surface area (Å²) in [6.07, 6.45) is 9.42. The Hall–Kier alpha value is -2.57. The van der Waals surface area contributed by atoms with Crippen molar-refractivity contribution in [3.05, 3.63) is 54.4 Å². The molecule has 1 unspecified atom stereocenters. The molecule has 3 fully saturated rings. The molecule has 5 rings (SSSR count). The van der Waals surface area contributed by atoms with E-state index >= 15 is 0 Å². The second-order valence-corrected chi connectivity index (χ2v) is 9.10. The zero-order chi connectivity index (χ0) is 21.2. The van der Waals surface area contributed by atoms with Crippen LogP contribution in [0.1, 0.15) is 42.5 Å². The number of hydrogen-bond acceptors (Lipinski definition) is 5. The molecule has 0 radical (unpaired) electrons. The number of hydrogen-bond donors (Lipinski definition) is 1. The molecule has 0 spiro atoms. The molecule has 1 N–H and O–H groups in total. The summed E-state index contributed by atoms with van der Waals surface area (Å²) in [5, 5.41) is 2.36. The number of carbonyl (C=O) groups excluding carboxylic acids is 2. The van der Waals surface area contributed by atoms with Gasteiger partial charge in [-0.1, -0.05) is 18.6 Å². The summed E-state index contributed by atoms with van der Waals surface area (Å²) in [5.74, 6) is 0.412. The van der Waals surface area contributed by atoms with Gasteiger partial charge in [0.2, 0.25) is 0 Å². The van der Waals surface area contributed by atoms with Gasteiger partial charge in [-0.05, 0) is 61.1 Å². The van der Waals surface area contributed by atoms with Gasteiger partial charge in [-0.15, -0.1) is 0 Å². The van der Waals surface area contributed by atoms with Crippen LogP contribution < -0.4 is 5.43 Å². The lowest BCUT2D eigenvalue weighted by Crippen LogP contribution is -2.55. The monoisotopic (exact) mass is 418 g/mol. The maximum atomic E-state index is 13.0. The van der Waals surface area contributed by atoms with E-state index < -0.39 is 0 Å². The summed E-state index contributed by atoms with van der Waals surface area (Å²) in [4.78, 5) is 31.7. The maximum Gasteiger partial charge on any atom is 0.253 e.